The smallest absolute Gasteiger partial charge is 0.269 e. The second-order valence-corrected chi connectivity index (χ2v) is 7.44. The third-order valence-corrected chi connectivity index (χ3v) is 5.26. The Kier molecular flexibility index (Phi) is 5.24. The van der Waals surface area contributed by atoms with E-state index in [9.17, 15) is 19.7 Å². The lowest BCUT2D eigenvalue weighted by Crippen LogP contribution is -2.33. The van der Waals surface area contributed by atoms with Crippen molar-refractivity contribution in [2.45, 2.75) is 19.8 Å². The Balaban J connectivity index is 1.60. The number of aromatic nitrogens is 2. The van der Waals surface area contributed by atoms with E-state index in [1.54, 1.807) is 43.3 Å². The number of hydrogen-bond acceptors (Lipinski definition) is 5. The molecule has 0 radical (unpaired) electrons. The van der Waals surface area contributed by atoms with Gasteiger partial charge in [-0.2, -0.15) is 5.10 Å². The number of nitrogens with one attached hydrogen (secondary N) is 1. The van der Waals surface area contributed by atoms with Crippen LogP contribution in [0.3, 0.4) is 0 Å². The lowest BCUT2D eigenvalue weighted by molar-refractivity contribution is -0.384. The van der Waals surface area contributed by atoms with Crippen molar-refractivity contribution in [3.63, 3.8) is 0 Å². The van der Waals surface area contributed by atoms with Crippen LogP contribution in [0, 0.1) is 10.1 Å². The number of hydrogen-bond donors (Lipinski definition) is 1. The number of nitro groups is 1. The number of non-ortho nitro benzene ring substituents is 1. The number of amides is 2. The van der Waals surface area contributed by atoms with Crippen LogP contribution in [-0.2, 0) is 18.3 Å². The van der Waals surface area contributed by atoms with Gasteiger partial charge in [0.05, 0.1) is 10.5 Å². The van der Waals surface area contributed by atoms with Crippen molar-refractivity contribution in [1.29, 1.82) is 0 Å². The number of carbonyl (C=O) groups is 2. The number of nitrogens with zero attached hydrogens (tertiary/aromatic N) is 4. The molecule has 0 atom stereocenters. The van der Waals surface area contributed by atoms with Crippen LogP contribution in [0.5, 0.6) is 0 Å². The van der Waals surface area contributed by atoms with Crippen molar-refractivity contribution >= 4 is 28.9 Å². The molecule has 3 aromatic rings. The van der Waals surface area contributed by atoms with Gasteiger partial charge in [-0.25, -0.2) is 0 Å². The van der Waals surface area contributed by atoms with Crippen LogP contribution in [0.4, 0.5) is 17.1 Å². The molecule has 0 saturated heterocycles. The number of aryl methyl sites for hydroxylation is 2. The predicted molar refractivity (Wildman–Crippen MR) is 116 cm³/mol. The van der Waals surface area contributed by atoms with Gasteiger partial charge in [-0.15, -0.1) is 0 Å². The first kappa shape index (κ1) is 20.3. The summed E-state index contributed by atoms with van der Waals surface area (Å²) in [5.74, 6) is -0.332. The topological polar surface area (TPSA) is 110 Å². The molecule has 0 fully saturated rings. The Bertz CT molecular complexity index is 1180. The van der Waals surface area contributed by atoms with Crippen molar-refractivity contribution in [2.24, 2.45) is 7.05 Å². The number of rotatable bonds is 4. The second-order valence-electron chi connectivity index (χ2n) is 7.44. The van der Waals surface area contributed by atoms with Crippen LogP contribution in [0.1, 0.15) is 29.3 Å². The van der Waals surface area contributed by atoms with E-state index >= 15 is 0 Å². The fourth-order valence-corrected chi connectivity index (χ4v) is 3.81. The highest BCUT2D eigenvalue weighted by Gasteiger charge is 2.22. The summed E-state index contributed by atoms with van der Waals surface area (Å²) in [5, 5.41) is 18.2. The molecule has 2 aromatic carbocycles. The molecule has 0 spiro atoms. The zero-order valence-electron chi connectivity index (χ0n) is 17.2. The van der Waals surface area contributed by atoms with Crippen LogP contribution >= 0.6 is 0 Å². The van der Waals surface area contributed by atoms with Crippen molar-refractivity contribution in [1.82, 2.24) is 9.78 Å². The summed E-state index contributed by atoms with van der Waals surface area (Å²) < 4.78 is 1.53. The molecule has 0 saturated carbocycles. The van der Waals surface area contributed by atoms with Crippen molar-refractivity contribution in [3.8, 4) is 11.3 Å². The van der Waals surface area contributed by atoms with Gasteiger partial charge in [-0.1, -0.05) is 0 Å². The average Bonchev–Trinajstić information content (AvgIpc) is 3.15. The molecule has 4 rings (SSSR count). The lowest BCUT2D eigenvalue weighted by atomic mass is 10.0. The van der Waals surface area contributed by atoms with Gasteiger partial charge in [0.1, 0.15) is 5.69 Å². The Morgan fingerprint density at radius 3 is 2.58 bits per heavy atom. The zero-order valence-corrected chi connectivity index (χ0v) is 17.2. The number of nitro benzene ring substituents is 1. The predicted octanol–water partition coefficient (Wildman–Crippen LogP) is 3.55. The quantitative estimate of drug-likeness (QED) is 0.514. The zero-order chi connectivity index (χ0) is 22.1. The Morgan fingerprint density at radius 1 is 1.16 bits per heavy atom. The Labute approximate surface area is 178 Å². The highest BCUT2D eigenvalue weighted by molar-refractivity contribution is 6.08. The Hall–Kier alpha value is -4.01. The molecule has 0 aliphatic carbocycles. The van der Waals surface area contributed by atoms with Crippen LogP contribution < -0.4 is 10.2 Å². The summed E-state index contributed by atoms with van der Waals surface area (Å²) in [5.41, 5.74) is 3.91. The fraction of sp³-hybridized carbons (Fsp3) is 0.227. The standard InChI is InChI=1S/C22H21N5O4/c1-14(28)26-11-3-4-16-12-17(7-10-20(16)26)23-22(29)19-13-25(2)24-21(19)15-5-8-18(9-6-15)27(30)31/h5-10,12-13H,3-4,11H2,1-2H3,(H,23,29). The first-order chi connectivity index (χ1) is 14.8. The molecule has 0 unspecified atom stereocenters. The van der Waals surface area contributed by atoms with Gasteiger partial charge in [0.2, 0.25) is 5.91 Å². The van der Waals surface area contributed by atoms with Gasteiger partial charge in [0.25, 0.3) is 11.6 Å². The summed E-state index contributed by atoms with van der Waals surface area (Å²) in [4.78, 5) is 37.0. The first-order valence-corrected chi connectivity index (χ1v) is 9.84. The number of benzene rings is 2. The number of fused-ring (bicyclic) bond motifs is 1. The molecular formula is C22H21N5O4. The normalized spacial score (nSPS) is 12.9. The van der Waals surface area contributed by atoms with Crippen molar-refractivity contribution < 1.29 is 14.5 Å². The summed E-state index contributed by atoms with van der Waals surface area (Å²) in [6.45, 7) is 2.25. The maximum atomic E-state index is 13.0. The largest absolute Gasteiger partial charge is 0.322 e. The van der Waals surface area contributed by atoms with E-state index in [4.69, 9.17) is 0 Å². The molecule has 2 heterocycles. The maximum absolute atomic E-state index is 13.0. The van der Waals surface area contributed by atoms with Gasteiger partial charge in [0.15, 0.2) is 0 Å². The van der Waals surface area contributed by atoms with E-state index < -0.39 is 4.92 Å². The number of anilines is 2. The van der Waals surface area contributed by atoms with Gasteiger partial charge in [-0.05, 0) is 48.7 Å². The van der Waals surface area contributed by atoms with E-state index in [-0.39, 0.29) is 17.5 Å². The third kappa shape index (κ3) is 4.02. The van der Waals surface area contributed by atoms with Gasteiger partial charge in [-0.3, -0.25) is 24.4 Å². The van der Waals surface area contributed by atoms with Gasteiger partial charge in [0, 0.05) is 55.8 Å². The SMILES string of the molecule is CC(=O)N1CCCc2cc(NC(=O)c3cn(C)nc3-c3ccc([N+](=O)[O-])cc3)ccc21. The number of carbonyl (C=O) groups excluding carboxylic acids is 2. The van der Waals surface area contributed by atoms with Crippen LogP contribution in [0.25, 0.3) is 11.3 Å². The van der Waals surface area contributed by atoms with E-state index in [2.05, 4.69) is 10.4 Å². The van der Waals surface area contributed by atoms with Gasteiger partial charge >= 0.3 is 0 Å². The van der Waals surface area contributed by atoms with E-state index in [1.807, 2.05) is 12.1 Å². The Morgan fingerprint density at radius 2 is 1.90 bits per heavy atom. The highest BCUT2D eigenvalue weighted by atomic mass is 16.6. The minimum Gasteiger partial charge on any atom is -0.322 e. The average molecular weight is 419 g/mol. The minimum atomic E-state index is -0.473. The lowest BCUT2D eigenvalue weighted by Gasteiger charge is -2.29. The molecule has 1 N–H and O–H groups in total. The van der Waals surface area contributed by atoms with Crippen LogP contribution in [-0.4, -0.2) is 33.1 Å². The van der Waals surface area contributed by atoms with Crippen LogP contribution in [0.2, 0.25) is 0 Å². The fourth-order valence-electron chi connectivity index (χ4n) is 3.81. The first-order valence-electron chi connectivity index (χ1n) is 9.84. The van der Waals surface area contributed by atoms with E-state index in [0.29, 0.717) is 29.1 Å². The summed E-state index contributed by atoms with van der Waals surface area (Å²) >= 11 is 0. The molecule has 0 bridgehead atoms. The molecule has 9 heteroatoms. The molecule has 1 aliphatic rings. The highest BCUT2D eigenvalue weighted by Crippen LogP contribution is 2.30. The molecule has 9 nitrogen and oxygen atoms in total. The molecule has 1 aliphatic heterocycles. The molecule has 158 valence electrons. The molecule has 2 amide bonds. The third-order valence-electron chi connectivity index (χ3n) is 5.26. The van der Waals surface area contributed by atoms with Gasteiger partial charge < -0.3 is 10.2 Å². The molecule has 1 aromatic heterocycles. The minimum absolute atomic E-state index is 0.000773. The van der Waals surface area contributed by atoms with Crippen LogP contribution in [0.15, 0.2) is 48.7 Å². The van der Waals surface area contributed by atoms with Crippen molar-refractivity contribution in [3.05, 3.63) is 69.9 Å². The van der Waals surface area contributed by atoms with Crippen molar-refractivity contribution in [2.75, 3.05) is 16.8 Å². The second kappa shape index (κ2) is 8.02. The summed E-state index contributed by atoms with van der Waals surface area (Å²) in [7, 11) is 1.71. The summed E-state index contributed by atoms with van der Waals surface area (Å²) in [6, 6.07) is 11.4. The summed E-state index contributed by atoms with van der Waals surface area (Å²) in [6.07, 6.45) is 3.32. The molecular weight excluding hydrogens is 398 g/mol. The van der Waals surface area contributed by atoms with E-state index in [0.717, 1.165) is 24.1 Å². The van der Waals surface area contributed by atoms with E-state index in [1.165, 1.54) is 16.8 Å². The monoisotopic (exact) mass is 419 g/mol. The maximum Gasteiger partial charge on any atom is 0.269 e. The molecule has 31 heavy (non-hydrogen) atoms.